The third-order valence-electron chi connectivity index (χ3n) is 4.72. The summed E-state index contributed by atoms with van der Waals surface area (Å²) in [6.45, 7) is 2.41. The molecular formula is C19H18ClFN4S. The molecule has 3 aromatic rings. The van der Waals surface area contributed by atoms with Crippen LogP contribution < -0.4 is 5.32 Å². The van der Waals surface area contributed by atoms with Crippen LogP contribution in [-0.4, -0.2) is 15.0 Å². The van der Waals surface area contributed by atoms with Crippen LogP contribution in [0.4, 0.5) is 10.2 Å². The number of hydrogen-bond donors (Lipinski definition) is 1. The number of aryl methyl sites for hydroxylation is 1. The van der Waals surface area contributed by atoms with Crippen molar-refractivity contribution in [1.82, 2.24) is 15.0 Å². The molecule has 1 aliphatic carbocycles. The Morgan fingerprint density at radius 2 is 2.23 bits per heavy atom. The predicted octanol–water partition coefficient (Wildman–Crippen LogP) is 5.62. The first-order valence-corrected chi connectivity index (χ1v) is 9.76. The minimum atomic E-state index is -0.339. The topological polar surface area (TPSA) is 50.7 Å². The summed E-state index contributed by atoms with van der Waals surface area (Å²) in [6, 6.07) is 1.65. The lowest BCUT2D eigenvalue weighted by Gasteiger charge is -2.16. The van der Waals surface area contributed by atoms with Gasteiger partial charge in [0, 0.05) is 23.2 Å². The van der Waals surface area contributed by atoms with Gasteiger partial charge in [-0.15, -0.1) is 11.3 Å². The molecule has 0 radical (unpaired) electrons. The van der Waals surface area contributed by atoms with Gasteiger partial charge < -0.3 is 5.32 Å². The first kappa shape index (κ1) is 17.4. The van der Waals surface area contributed by atoms with E-state index in [-0.39, 0.29) is 11.1 Å². The Kier molecular flexibility index (Phi) is 4.87. The van der Waals surface area contributed by atoms with E-state index >= 15 is 0 Å². The number of fused-ring (bicyclic) bond motifs is 1. The molecule has 3 heterocycles. The molecule has 134 valence electrons. The summed E-state index contributed by atoms with van der Waals surface area (Å²) in [5.74, 6) is 0.832. The second-order valence-electron chi connectivity index (χ2n) is 6.41. The molecule has 0 spiro atoms. The minimum absolute atomic E-state index is 0.200. The van der Waals surface area contributed by atoms with Crippen LogP contribution in [0.5, 0.6) is 0 Å². The van der Waals surface area contributed by atoms with Crippen molar-refractivity contribution in [3.05, 3.63) is 57.7 Å². The Balaban J connectivity index is 1.70. The van der Waals surface area contributed by atoms with E-state index in [9.17, 15) is 4.39 Å². The molecule has 0 fully saturated rings. The number of halogens is 2. The van der Waals surface area contributed by atoms with Gasteiger partial charge in [-0.1, -0.05) is 12.2 Å². The van der Waals surface area contributed by atoms with E-state index in [0.29, 0.717) is 23.8 Å². The molecule has 0 bridgehead atoms. The van der Waals surface area contributed by atoms with Gasteiger partial charge in [0.1, 0.15) is 11.6 Å². The number of thiophene rings is 1. The number of allylic oxidation sites excluding steroid dienone is 2. The quantitative estimate of drug-likeness (QED) is 0.465. The third kappa shape index (κ3) is 3.31. The van der Waals surface area contributed by atoms with Crippen molar-refractivity contribution < 1.29 is 4.39 Å². The van der Waals surface area contributed by atoms with E-state index in [1.807, 2.05) is 0 Å². The van der Waals surface area contributed by atoms with Gasteiger partial charge in [-0.3, -0.25) is 4.98 Å². The van der Waals surface area contributed by atoms with Gasteiger partial charge in [0.05, 0.1) is 16.4 Å². The summed E-state index contributed by atoms with van der Waals surface area (Å²) < 4.78 is 14.8. The van der Waals surface area contributed by atoms with Gasteiger partial charge in [0.2, 0.25) is 5.28 Å². The lowest BCUT2D eigenvalue weighted by atomic mass is 9.91. The molecule has 0 saturated heterocycles. The Morgan fingerprint density at radius 3 is 3.00 bits per heavy atom. The highest BCUT2D eigenvalue weighted by Crippen LogP contribution is 2.42. The van der Waals surface area contributed by atoms with Crippen LogP contribution in [0.15, 0.2) is 30.6 Å². The van der Waals surface area contributed by atoms with Gasteiger partial charge in [-0.25, -0.2) is 9.37 Å². The monoisotopic (exact) mass is 388 g/mol. The van der Waals surface area contributed by atoms with E-state index in [2.05, 4.69) is 39.3 Å². The first-order valence-electron chi connectivity index (χ1n) is 8.57. The molecule has 0 amide bonds. The van der Waals surface area contributed by atoms with Crippen molar-refractivity contribution in [3.63, 3.8) is 0 Å². The Morgan fingerprint density at radius 1 is 1.35 bits per heavy atom. The van der Waals surface area contributed by atoms with Gasteiger partial charge >= 0.3 is 0 Å². The Hall–Kier alpha value is -2.05. The molecule has 1 atom stereocenters. The van der Waals surface area contributed by atoms with Crippen LogP contribution in [0, 0.1) is 12.7 Å². The molecule has 0 aliphatic heterocycles. The number of nitrogens with one attached hydrogen (secondary N) is 1. The SMILES string of the molecule is Cc1c(C2CC=CCC2)sc2c(NCc3ccncc3F)nc(Cl)nc12. The minimum Gasteiger partial charge on any atom is -0.365 e. The highest BCUT2D eigenvalue weighted by molar-refractivity contribution is 7.20. The van der Waals surface area contributed by atoms with Crippen LogP contribution in [-0.2, 0) is 6.54 Å². The largest absolute Gasteiger partial charge is 0.365 e. The maximum atomic E-state index is 13.8. The Bertz CT molecular complexity index is 985. The molecule has 4 nitrogen and oxygen atoms in total. The number of pyridine rings is 1. The molecule has 0 saturated carbocycles. The molecule has 0 aromatic carbocycles. The average Bonchev–Trinajstić information content (AvgIpc) is 2.98. The van der Waals surface area contributed by atoms with Crippen LogP contribution in [0.3, 0.4) is 0 Å². The van der Waals surface area contributed by atoms with Crippen LogP contribution in [0.2, 0.25) is 5.28 Å². The maximum Gasteiger partial charge on any atom is 0.224 e. The fourth-order valence-electron chi connectivity index (χ4n) is 3.34. The number of nitrogens with zero attached hydrogens (tertiary/aromatic N) is 3. The van der Waals surface area contributed by atoms with E-state index in [4.69, 9.17) is 11.6 Å². The fraction of sp³-hybridized carbons (Fsp3) is 0.316. The van der Waals surface area contributed by atoms with Gasteiger partial charge in [-0.2, -0.15) is 4.98 Å². The molecule has 1 aliphatic rings. The zero-order chi connectivity index (χ0) is 18.1. The maximum absolute atomic E-state index is 13.8. The fourth-order valence-corrected chi connectivity index (χ4v) is 4.87. The van der Waals surface area contributed by atoms with E-state index in [0.717, 1.165) is 29.5 Å². The molecule has 7 heteroatoms. The first-order chi connectivity index (χ1) is 12.6. The van der Waals surface area contributed by atoms with Crippen molar-refractivity contribution in [2.24, 2.45) is 0 Å². The normalized spacial score (nSPS) is 17.0. The lowest BCUT2D eigenvalue weighted by molar-refractivity contribution is 0.606. The Labute approximate surface area is 160 Å². The summed E-state index contributed by atoms with van der Waals surface area (Å²) in [6.07, 6.45) is 10.6. The number of aromatic nitrogens is 3. The van der Waals surface area contributed by atoms with E-state index < -0.39 is 0 Å². The third-order valence-corrected chi connectivity index (χ3v) is 6.34. The molecule has 1 N–H and O–H groups in total. The van der Waals surface area contributed by atoms with Crippen LogP contribution in [0.1, 0.15) is 41.2 Å². The summed E-state index contributed by atoms with van der Waals surface area (Å²) in [7, 11) is 0. The van der Waals surface area contributed by atoms with Gasteiger partial charge in [-0.05, 0) is 55.3 Å². The summed E-state index contributed by atoms with van der Waals surface area (Å²) in [5, 5.41) is 3.42. The standard InChI is InChI=1S/C19H18ClFN4S/c1-11-15-17(26-16(11)12-5-3-2-4-6-12)18(25-19(20)24-15)23-9-13-7-8-22-10-14(13)21/h2-3,7-8,10,12H,4-6,9H2,1H3,(H,23,24,25). The summed E-state index contributed by atoms with van der Waals surface area (Å²) >= 11 is 7.87. The molecule has 4 rings (SSSR count). The molecule has 3 aromatic heterocycles. The van der Waals surface area contributed by atoms with Gasteiger partial charge in [0.25, 0.3) is 0 Å². The molecule has 1 unspecified atom stereocenters. The zero-order valence-electron chi connectivity index (χ0n) is 14.3. The van der Waals surface area contributed by atoms with Crippen molar-refractivity contribution in [3.8, 4) is 0 Å². The van der Waals surface area contributed by atoms with E-state index in [1.54, 1.807) is 23.6 Å². The molecule has 26 heavy (non-hydrogen) atoms. The summed E-state index contributed by atoms with van der Waals surface area (Å²) in [5.41, 5.74) is 2.60. The van der Waals surface area contributed by atoms with Crippen molar-refractivity contribution >= 4 is 39.0 Å². The lowest BCUT2D eigenvalue weighted by Crippen LogP contribution is -2.04. The van der Waals surface area contributed by atoms with E-state index in [1.165, 1.54) is 16.6 Å². The molecular weight excluding hydrogens is 371 g/mol. The highest BCUT2D eigenvalue weighted by atomic mass is 35.5. The van der Waals surface area contributed by atoms with Crippen molar-refractivity contribution in [1.29, 1.82) is 0 Å². The number of anilines is 1. The zero-order valence-corrected chi connectivity index (χ0v) is 15.9. The average molecular weight is 389 g/mol. The van der Waals surface area contributed by atoms with Crippen molar-refractivity contribution in [2.75, 3.05) is 5.32 Å². The van der Waals surface area contributed by atoms with Crippen LogP contribution >= 0.6 is 22.9 Å². The second kappa shape index (κ2) is 7.29. The summed E-state index contributed by atoms with van der Waals surface area (Å²) in [4.78, 5) is 13.9. The van der Waals surface area contributed by atoms with Crippen LogP contribution in [0.25, 0.3) is 10.2 Å². The predicted molar refractivity (Wildman–Crippen MR) is 104 cm³/mol. The number of hydrogen-bond acceptors (Lipinski definition) is 5. The number of rotatable bonds is 4. The smallest absolute Gasteiger partial charge is 0.224 e. The highest BCUT2D eigenvalue weighted by Gasteiger charge is 2.22. The van der Waals surface area contributed by atoms with Crippen molar-refractivity contribution in [2.45, 2.75) is 38.6 Å². The second-order valence-corrected chi connectivity index (χ2v) is 7.80. The van der Waals surface area contributed by atoms with Gasteiger partial charge in [0.15, 0.2) is 0 Å².